The number of ether oxygens (including phenoxy) is 2. The third-order valence-corrected chi connectivity index (χ3v) is 4.89. The summed E-state index contributed by atoms with van der Waals surface area (Å²) in [5, 5.41) is 0. The first kappa shape index (κ1) is 17.5. The van der Waals surface area contributed by atoms with E-state index in [-0.39, 0.29) is 0 Å². The Labute approximate surface area is 150 Å². The van der Waals surface area contributed by atoms with Crippen LogP contribution in [0, 0.1) is 0 Å². The van der Waals surface area contributed by atoms with Crippen LogP contribution in [0.2, 0.25) is 0 Å². The van der Waals surface area contributed by atoms with Crippen molar-refractivity contribution in [2.24, 2.45) is 0 Å². The molecule has 1 aromatic carbocycles. The molecule has 0 saturated carbocycles. The van der Waals surface area contributed by atoms with E-state index in [4.69, 9.17) is 9.47 Å². The van der Waals surface area contributed by atoms with Gasteiger partial charge in [0.15, 0.2) is 11.5 Å². The van der Waals surface area contributed by atoms with Crippen molar-refractivity contribution in [1.29, 1.82) is 0 Å². The van der Waals surface area contributed by atoms with E-state index in [1.54, 1.807) is 14.2 Å². The van der Waals surface area contributed by atoms with Crippen LogP contribution in [0.25, 0.3) is 0 Å². The molecule has 1 fully saturated rings. The average molecular weight is 341 g/mol. The van der Waals surface area contributed by atoms with Gasteiger partial charge in [0.1, 0.15) is 5.82 Å². The van der Waals surface area contributed by atoms with Gasteiger partial charge in [-0.05, 0) is 43.7 Å². The molecule has 0 amide bonds. The molecule has 134 valence electrons. The molecular formula is C20H27N3O2. The highest BCUT2D eigenvalue weighted by atomic mass is 16.5. The lowest BCUT2D eigenvalue weighted by molar-refractivity contribution is 0.122. The van der Waals surface area contributed by atoms with Gasteiger partial charge in [0.05, 0.1) is 14.2 Å². The molecule has 2 heterocycles. The van der Waals surface area contributed by atoms with E-state index in [9.17, 15) is 0 Å². The van der Waals surface area contributed by atoms with Crippen LogP contribution < -0.4 is 14.4 Å². The van der Waals surface area contributed by atoms with Gasteiger partial charge in [-0.2, -0.15) is 0 Å². The molecule has 25 heavy (non-hydrogen) atoms. The number of rotatable bonds is 5. The largest absolute Gasteiger partial charge is 0.493 e. The van der Waals surface area contributed by atoms with Crippen molar-refractivity contribution >= 4 is 5.82 Å². The molecule has 0 bridgehead atoms. The Morgan fingerprint density at radius 3 is 2.32 bits per heavy atom. The normalized spacial score (nSPS) is 21.2. The van der Waals surface area contributed by atoms with Gasteiger partial charge in [-0.1, -0.05) is 12.1 Å². The molecule has 2 atom stereocenters. The highest BCUT2D eigenvalue weighted by Gasteiger charge is 2.30. The SMILES string of the molecule is COc1ccc(CN2[C@H](C)CN(c3ccccn3)C[C@@H]2C)cc1OC. The predicted molar refractivity (Wildman–Crippen MR) is 100 cm³/mol. The summed E-state index contributed by atoms with van der Waals surface area (Å²) in [5.74, 6) is 2.62. The minimum Gasteiger partial charge on any atom is -0.493 e. The minimum atomic E-state index is 0.443. The lowest BCUT2D eigenvalue weighted by Gasteiger charge is -2.45. The van der Waals surface area contributed by atoms with Crippen LogP contribution in [0.3, 0.4) is 0 Å². The number of aromatic nitrogens is 1. The zero-order valence-corrected chi connectivity index (χ0v) is 15.5. The van der Waals surface area contributed by atoms with Gasteiger partial charge in [0.25, 0.3) is 0 Å². The van der Waals surface area contributed by atoms with Crippen LogP contribution >= 0.6 is 0 Å². The van der Waals surface area contributed by atoms with Gasteiger partial charge in [-0.3, -0.25) is 4.90 Å². The number of anilines is 1. The van der Waals surface area contributed by atoms with Crippen LogP contribution in [0.5, 0.6) is 11.5 Å². The molecule has 1 saturated heterocycles. The fourth-order valence-corrected chi connectivity index (χ4v) is 3.59. The van der Waals surface area contributed by atoms with Gasteiger partial charge in [0.2, 0.25) is 0 Å². The summed E-state index contributed by atoms with van der Waals surface area (Å²) in [4.78, 5) is 9.42. The van der Waals surface area contributed by atoms with Gasteiger partial charge in [0, 0.05) is 37.9 Å². The summed E-state index contributed by atoms with van der Waals surface area (Å²) in [7, 11) is 3.34. The smallest absolute Gasteiger partial charge is 0.161 e. The molecule has 1 aromatic heterocycles. The second-order valence-electron chi connectivity index (χ2n) is 6.65. The van der Waals surface area contributed by atoms with E-state index in [0.717, 1.165) is 37.0 Å². The molecule has 3 rings (SSSR count). The van der Waals surface area contributed by atoms with Gasteiger partial charge < -0.3 is 14.4 Å². The average Bonchev–Trinajstić information content (AvgIpc) is 2.65. The minimum absolute atomic E-state index is 0.443. The zero-order chi connectivity index (χ0) is 17.8. The van der Waals surface area contributed by atoms with E-state index >= 15 is 0 Å². The van der Waals surface area contributed by atoms with E-state index in [2.05, 4.69) is 46.8 Å². The summed E-state index contributed by atoms with van der Waals surface area (Å²) in [5.41, 5.74) is 1.24. The second-order valence-corrected chi connectivity index (χ2v) is 6.65. The quantitative estimate of drug-likeness (QED) is 0.835. The third kappa shape index (κ3) is 3.87. The third-order valence-electron chi connectivity index (χ3n) is 4.89. The lowest BCUT2D eigenvalue weighted by Crippen LogP contribution is -2.56. The number of methoxy groups -OCH3 is 2. The molecule has 2 aromatic rings. The first-order chi connectivity index (χ1) is 12.1. The van der Waals surface area contributed by atoms with Gasteiger partial charge >= 0.3 is 0 Å². The van der Waals surface area contributed by atoms with Gasteiger partial charge in [-0.25, -0.2) is 4.98 Å². The van der Waals surface area contributed by atoms with Crippen LogP contribution in [0.15, 0.2) is 42.6 Å². The highest BCUT2D eigenvalue weighted by Crippen LogP contribution is 2.29. The molecule has 0 spiro atoms. The number of pyridine rings is 1. The number of hydrogen-bond donors (Lipinski definition) is 0. The van der Waals surface area contributed by atoms with Crippen LogP contribution in [0.4, 0.5) is 5.82 Å². The number of nitrogens with zero attached hydrogens (tertiary/aromatic N) is 3. The maximum Gasteiger partial charge on any atom is 0.161 e. The maximum atomic E-state index is 5.43. The Balaban J connectivity index is 1.72. The van der Waals surface area contributed by atoms with Crippen molar-refractivity contribution in [2.75, 3.05) is 32.2 Å². The summed E-state index contributed by atoms with van der Waals surface area (Å²) < 4.78 is 10.8. The van der Waals surface area contributed by atoms with Crippen molar-refractivity contribution in [3.05, 3.63) is 48.2 Å². The molecule has 0 aliphatic carbocycles. The number of piperazine rings is 1. The van der Waals surface area contributed by atoms with Crippen LogP contribution in [0.1, 0.15) is 19.4 Å². The fraction of sp³-hybridized carbons (Fsp3) is 0.450. The molecule has 1 aliphatic rings. The molecule has 0 unspecified atom stereocenters. The van der Waals surface area contributed by atoms with E-state index in [0.29, 0.717) is 12.1 Å². The first-order valence-corrected chi connectivity index (χ1v) is 8.75. The standard InChI is InChI=1S/C20H27N3O2/c1-15-12-22(20-7-5-6-10-21-20)13-16(2)23(15)14-17-8-9-18(24-3)19(11-17)25-4/h5-11,15-16H,12-14H2,1-4H3/t15-,16+. The molecular weight excluding hydrogens is 314 g/mol. The van der Waals surface area contributed by atoms with Crippen LogP contribution in [-0.4, -0.2) is 49.3 Å². The first-order valence-electron chi connectivity index (χ1n) is 8.75. The molecule has 0 N–H and O–H groups in total. The molecule has 1 aliphatic heterocycles. The summed E-state index contributed by atoms with van der Waals surface area (Å²) in [6.07, 6.45) is 1.86. The molecule has 0 radical (unpaired) electrons. The summed E-state index contributed by atoms with van der Waals surface area (Å²) in [6.45, 7) is 7.43. The Bertz CT molecular complexity index is 681. The number of benzene rings is 1. The Morgan fingerprint density at radius 1 is 1.00 bits per heavy atom. The van der Waals surface area contributed by atoms with Crippen molar-refractivity contribution in [1.82, 2.24) is 9.88 Å². The zero-order valence-electron chi connectivity index (χ0n) is 15.5. The Kier molecular flexibility index (Phi) is 5.43. The van der Waals surface area contributed by atoms with E-state index in [1.165, 1.54) is 5.56 Å². The molecule has 5 heteroatoms. The lowest BCUT2D eigenvalue weighted by atomic mass is 10.1. The highest BCUT2D eigenvalue weighted by molar-refractivity contribution is 5.43. The Morgan fingerprint density at radius 2 is 1.72 bits per heavy atom. The van der Waals surface area contributed by atoms with E-state index < -0.39 is 0 Å². The Hall–Kier alpha value is -2.27. The fourth-order valence-electron chi connectivity index (χ4n) is 3.59. The van der Waals surface area contributed by atoms with Crippen molar-refractivity contribution in [2.45, 2.75) is 32.5 Å². The topological polar surface area (TPSA) is 37.8 Å². The summed E-state index contributed by atoms with van der Waals surface area (Å²) >= 11 is 0. The predicted octanol–water partition coefficient (Wildman–Crippen LogP) is 3.20. The van der Waals surface area contributed by atoms with Crippen molar-refractivity contribution < 1.29 is 9.47 Å². The van der Waals surface area contributed by atoms with E-state index in [1.807, 2.05) is 24.4 Å². The monoisotopic (exact) mass is 341 g/mol. The summed E-state index contributed by atoms with van der Waals surface area (Å²) in [6, 6.07) is 13.2. The molecule has 5 nitrogen and oxygen atoms in total. The van der Waals surface area contributed by atoms with Crippen molar-refractivity contribution in [3.8, 4) is 11.5 Å². The maximum absolute atomic E-state index is 5.43. The second kappa shape index (κ2) is 7.74. The number of hydrogen-bond acceptors (Lipinski definition) is 5. The van der Waals surface area contributed by atoms with Crippen LogP contribution in [-0.2, 0) is 6.54 Å². The van der Waals surface area contributed by atoms with Gasteiger partial charge in [-0.15, -0.1) is 0 Å². The van der Waals surface area contributed by atoms with Crippen molar-refractivity contribution in [3.63, 3.8) is 0 Å².